The molecule has 1 rings (SSSR count). The molecule has 0 spiro atoms. The van der Waals surface area contributed by atoms with Crippen molar-refractivity contribution in [3.8, 4) is 0 Å². The monoisotopic (exact) mass is 301 g/mol. The third-order valence-corrected chi connectivity index (χ3v) is 3.37. The Kier molecular flexibility index (Phi) is 7.03. The zero-order valence-electron chi connectivity index (χ0n) is 11.1. The van der Waals surface area contributed by atoms with E-state index < -0.39 is 16.2 Å². The van der Waals surface area contributed by atoms with Crippen LogP contribution in [0.15, 0.2) is 30.3 Å². The average molecular weight is 301 g/mol. The molecule has 112 valence electrons. The molecule has 0 aliphatic heterocycles. The minimum atomic E-state index is -3.91. The molecule has 0 unspecified atom stereocenters. The van der Waals surface area contributed by atoms with Gasteiger partial charge in [-0.25, -0.2) is 4.79 Å². The second kappa shape index (κ2) is 8.55. The summed E-state index contributed by atoms with van der Waals surface area (Å²) in [5, 5.41) is 2.52. The van der Waals surface area contributed by atoms with Crippen LogP contribution in [0.3, 0.4) is 0 Å². The molecule has 0 aliphatic carbocycles. The summed E-state index contributed by atoms with van der Waals surface area (Å²) in [7, 11) is -3.91. The maximum absolute atomic E-state index is 11.3. The van der Waals surface area contributed by atoms with Crippen molar-refractivity contribution in [2.24, 2.45) is 0 Å². The van der Waals surface area contributed by atoms with Crippen LogP contribution in [-0.2, 0) is 21.3 Å². The van der Waals surface area contributed by atoms with Crippen LogP contribution in [0.1, 0.15) is 18.4 Å². The fourth-order valence-corrected chi connectivity index (χ4v) is 2.13. The molecule has 0 atom stereocenters. The van der Waals surface area contributed by atoms with Crippen LogP contribution in [0, 0.1) is 0 Å². The number of rotatable bonds is 8. The van der Waals surface area contributed by atoms with Gasteiger partial charge in [-0.05, 0) is 18.4 Å². The van der Waals surface area contributed by atoms with Crippen molar-refractivity contribution >= 4 is 16.2 Å². The highest BCUT2D eigenvalue weighted by Gasteiger charge is 2.05. The predicted octanol–water partition coefficient (Wildman–Crippen LogP) is 1.62. The van der Waals surface area contributed by atoms with Crippen molar-refractivity contribution in [3.63, 3.8) is 0 Å². The predicted molar refractivity (Wildman–Crippen MR) is 75.1 cm³/mol. The van der Waals surface area contributed by atoms with Gasteiger partial charge in [0.25, 0.3) is 10.1 Å². The molecule has 2 N–H and O–H groups in total. The van der Waals surface area contributed by atoms with Gasteiger partial charge < -0.3 is 10.1 Å². The lowest BCUT2D eigenvalue weighted by Gasteiger charge is -2.06. The van der Waals surface area contributed by atoms with Gasteiger partial charge in [-0.2, -0.15) is 8.42 Å². The second-order valence-electron chi connectivity index (χ2n) is 4.29. The molecule has 0 saturated carbocycles. The van der Waals surface area contributed by atoms with Crippen molar-refractivity contribution in [1.82, 2.24) is 5.32 Å². The van der Waals surface area contributed by atoms with Gasteiger partial charge in [0, 0.05) is 13.0 Å². The van der Waals surface area contributed by atoms with E-state index >= 15 is 0 Å². The maximum atomic E-state index is 11.3. The molecule has 1 aromatic carbocycles. The van der Waals surface area contributed by atoms with Crippen molar-refractivity contribution < 1.29 is 22.5 Å². The van der Waals surface area contributed by atoms with Gasteiger partial charge >= 0.3 is 6.09 Å². The van der Waals surface area contributed by atoms with E-state index in [1.165, 1.54) is 0 Å². The Hall–Kier alpha value is -1.60. The number of benzene rings is 1. The molecule has 0 fully saturated rings. The van der Waals surface area contributed by atoms with Crippen molar-refractivity contribution in [2.45, 2.75) is 19.3 Å². The first kappa shape index (κ1) is 16.5. The molecule has 1 amide bonds. The highest BCUT2D eigenvalue weighted by atomic mass is 32.2. The van der Waals surface area contributed by atoms with Crippen molar-refractivity contribution in [1.29, 1.82) is 0 Å². The molecule has 0 saturated heterocycles. The third kappa shape index (κ3) is 8.49. The quantitative estimate of drug-likeness (QED) is 0.562. The summed E-state index contributed by atoms with van der Waals surface area (Å²) < 4.78 is 34.4. The van der Waals surface area contributed by atoms with Crippen molar-refractivity contribution in [2.75, 3.05) is 18.9 Å². The molecule has 0 bridgehead atoms. The Morgan fingerprint density at radius 1 is 1.20 bits per heavy atom. The number of carbonyl (C=O) groups is 1. The van der Waals surface area contributed by atoms with E-state index in [1.807, 2.05) is 30.3 Å². The van der Waals surface area contributed by atoms with Crippen LogP contribution < -0.4 is 5.32 Å². The first-order valence-corrected chi connectivity index (χ1v) is 7.98. The van der Waals surface area contributed by atoms with Crippen LogP contribution in [0.5, 0.6) is 0 Å². The van der Waals surface area contributed by atoms with E-state index in [0.29, 0.717) is 32.4 Å². The Morgan fingerprint density at radius 2 is 1.90 bits per heavy atom. The van der Waals surface area contributed by atoms with Crippen LogP contribution >= 0.6 is 0 Å². The molecule has 0 heterocycles. The molecular weight excluding hydrogens is 282 g/mol. The highest BCUT2D eigenvalue weighted by molar-refractivity contribution is 7.85. The fourth-order valence-electron chi connectivity index (χ4n) is 1.56. The number of hydrogen-bond donors (Lipinski definition) is 2. The first-order chi connectivity index (χ1) is 9.47. The Balaban J connectivity index is 2.03. The number of carbonyl (C=O) groups excluding carboxylic acids is 1. The lowest BCUT2D eigenvalue weighted by atomic mass is 10.2. The summed E-state index contributed by atoms with van der Waals surface area (Å²) in [6.45, 7) is 0.612. The molecule has 0 radical (unpaired) electrons. The number of hydrogen-bond acceptors (Lipinski definition) is 4. The Labute approximate surface area is 118 Å². The van der Waals surface area contributed by atoms with Crippen LogP contribution in [0.25, 0.3) is 0 Å². The molecule has 1 aromatic rings. The number of nitrogens with one attached hydrogen (secondary N) is 1. The van der Waals surface area contributed by atoms with Gasteiger partial charge in [-0.15, -0.1) is 0 Å². The highest BCUT2D eigenvalue weighted by Crippen LogP contribution is 1.99. The fraction of sp³-hybridized carbons (Fsp3) is 0.462. The van der Waals surface area contributed by atoms with Crippen LogP contribution in [0.2, 0.25) is 0 Å². The lowest BCUT2D eigenvalue weighted by molar-refractivity contribution is 0.147. The number of amides is 1. The minimum Gasteiger partial charge on any atom is -0.449 e. The van der Waals surface area contributed by atoms with Gasteiger partial charge in [0.2, 0.25) is 0 Å². The Morgan fingerprint density at radius 3 is 2.55 bits per heavy atom. The Bertz CT molecular complexity index is 501. The van der Waals surface area contributed by atoms with E-state index in [2.05, 4.69) is 5.32 Å². The summed E-state index contributed by atoms with van der Waals surface area (Å²) in [6.07, 6.45) is 0.890. The molecule has 7 heteroatoms. The summed E-state index contributed by atoms with van der Waals surface area (Å²) in [4.78, 5) is 11.3. The standard InChI is InChI=1S/C13H19NO5S/c15-13(14-9-4-5-11-20(16,17)18)19-10-8-12-6-2-1-3-7-12/h1-3,6-7H,4-5,8-11H2,(H,14,15)(H,16,17,18). The van der Waals surface area contributed by atoms with Crippen LogP contribution in [0.4, 0.5) is 4.79 Å². The summed E-state index contributed by atoms with van der Waals surface area (Å²) in [5.74, 6) is -0.294. The SMILES string of the molecule is O=C(NCCCCS(=O)(=O)O)OCCc1ccccc1. The lowest BCUT2D eigenvalue weighted by Crippen LogP contribution is -2.26. The largest absolute Gasteiger partial charge is 0.449 e. The zero-order valence-corrected chi connectivity index (χ0v) is 11.9. The zero-order chi connectivity index (χ0) is 14.8. The second-order valence-corrected chi connectivity index (χ2v) is 5.86. The van der Waals surface area contributed by atoms with E-state index in [4.69, 9.17) is 9.29 Å². The van der Waals surface area contributed by atoms with Gasteiger partial charge in [0.1, 0.15) is 0 Å². The smallest absolute Gasteiger partial charge is 0.407 e. The van der Waals surface area contributed by atoms with Crippen LogP contribution in [-0.4, -0.2) is 38.0 Å². The maximum Gasteiger partial charge on any atom is 0.407 e. The number of unbranched alkanes of at least 4 members (excludes halogenated alkanes) is 1. The van der Waals surface area contributed by atoms with E-state index in [9.17, 15) is 13.2 Å². The molecule has 0 aromatic heterocycles. The first-order valence-electron chi connectivity index (χ1n) is 6.37. The molecular formula is C13H19NO5S. The third-order valence-electron chi connectivity index (χ3n) is 2.57. The van der Waals surface area contributed by atoms with Gasteiger partial charge in [-0.1, -0.05) is 30.3 Å². The average Bonchev–Trinajstić information content (AvgIpc) is 2.38. The minimum absolute atomic E-state index is 0.293. The molecule has 20 heavy (non-hydrogen) atoms. The van der Waals surface area contributed by atoms with E-state index in [-0.39, 0.29) is 5.75 Å². The van der Waals surface area contributed by atoms with E-state index in [1.54, 1.807) is 0 Å². The summed E-state index contributed by atoms with van der Waals surface area (Å²) in [5.41, 5.74) is 1.09. The topological polar surface area (TPSA) is 92.7 Å². The number of ether oxygens (including phenoxy) is 1. The van der Waals surface area contributed by atoms with E-state index in [0.717, 1.165) is 5.56 Å². The van der Waals surface area contributed by atoms with Gasteiger partial charge in [-0.3, -0.25) is 4.55 Å². The van der Waals surface area contributed by atoms with Gasteiger partial charge in [0.05, 0.1) is 12.4 Å². The van der Waals surface area contributed by atoms with Crippen molar-refractivity contribution in [3.05, 3.63) is 35.9 Å². The number of alkyl carbamates (subject to hydrolysis) is 1. The summed E-state index contributed by atoms with van der Waals surface area (Å²) in [6, 6.07) is 9.67. The summed E-state index contributed by atoms with van der Waals surface area (Å²) >= 11 is 0. The normalized spacial score (nSPS) is 11.1. The molecule has 6 nitrogen and oxygen atoms in total. The van der Waals surface area contributed by atoms with Gasteiger partial charge in [0.15, 0.2) is 0 Å². The molecule has 0 aliphatic rings.